The van der Waals surface area contributed by atoms with Gasteiger partial charge in [-0.25, -0.2) is 17.8 Å². The van der Waals surface area contributed by atoms with E-state index in [4.69, 9.17) is 4.74 Å². The highest BCUT2D eigenvalue weighted by atomic mass is 32.2. The molecule has 1 aromatic carbocycles. The van der Waals surface area contributed by atoms with Gasteiger partial charge < -0.3 is 4.74 Å². The van der Waals surface area contributed by atoms with E-state index in [2.05, 4.69) is 4.98 Å². The van der Waals surface area contributed by atoms with Crippen molar-refractivity contribution in [3.8, 4) is 5.75 Å². The fourth-order valence-corrected chi connectivity index (χ4v) is 3.03. The first-order valence-corrected chi connectivity index (χ1v) is 8.22. The molecular weight excluding hydrogens is 369 g/mol. The van der Waals surface area contributed by atoms with Gasteiger partial charge in [0, 0.05) is 0 Å². The number of aromatic nitrogens is 1. The molecule has 0 N–H and O–H groups in total. The van der Waals surface area contributed by atoms with Crippen molar-refractivity contribution in [1.29, 1.82) is 0 Å². The van der Waals surface area contributed by atoms with Crippen molar-refractivity contribution in [2.24, 2.45) is 0 Å². The fraction of sp³-hybridized carbons (Fsp3) is 0.133. The lowest BCUT2D eigenvalue weighted by Crippen LogP contribution is -2.23. The molecule has 1 aliphatic rings. The molecule has 2 heterocycles. The van der Waals surface area contributed by atoms with E-state index in [-0.39, 0.29) is 23.5 Å². The first-order valence-electron chi connectivity index (χ1n) is 6.74. The van der Waals surface area contributed by atoms with Crippen molar-refractivity contribution in [2.75, 3.05) is 0 Å². The van der Waals surface area contributed by atoms with Crippen molar-refractivity contribution in [1.82, 2.24) is 4.98 Å². The van der Waals surface area contributed by atoms with Crippen LogP contribution in [0.15, 0.2) is 41.3 Å². The van der Waals surface area contributed by atoms with E-state index in [0.29, 0.717) is 0 Å². The van der Waals surface area contributed by atoms with Gasteiger partial charge in [-0.15, -0.1) is 0 Å². The van der Waals surface area contributed by atoms with Gasteiger partial charge >= 0.3 is 5.51 Å². The summed E-state index contributed by atoms with van der Waals surface area (Å²) in [6.07, 6.45) is 1.24. The summed E-state index contributed by atoms with van der Waals surface area (Å²) in [6.45, 7) is 0. The number of sulfone groups is 1. The lowest BCUT2D eigenvalue weighted by molar-refractivity contribution is -0.0436. The van der Waals surface area contributed by atoms with Crippen LogP contribution in [0.3, 0.4) is 0 Å². The summed E-state index contributed by atoms with van der Waals surface area (Å²) in [5.41, 5.74) is -5.66. The average molecular weight is 377 g/mol. The van der Waals surface area contributed by atoms with Gasteiger partial charge in [-0.1, -0.05) is 0 Å². The van der Waals surface area contributed by atoms with Gasteiger partial charge in [-0.05, 0) is 48.4 Å². The molecule has 0 amide bonds. The zero-order valence-electron chi connectivity index (χ0n) is 12.1. The molecule has 10 heteroatoms. The van der Waals surface area contributed by atoms with Crippen LogP contribution in [0.4, 0.5) is 22.0 Å². The van der Waals surface area contributed by atoms with Crippen LogP contribution in [0, 0.1) is 11.8 Å². The highest BCUT2D eigenvalue weighted by Gasteiger charge is 2.47. The van der Waals surface area contributed by atoms with Crippen LogP contribution in [0.5, 0.6) is 5.75 Å². The van der Waals surface area contributed by atoms with Gasteiger partial charge in [0.1, 0.15) is 11.4 Å². The monoisotopic (exact) mass is 377 g/mol. The number of alkyl halides is 3. The third-order valence-corrected chi connectivity index (χ3v) is 4.90. The highest BCUT2D eigenvalue weighted by molar-refractivity contribution is 7.92. The van der Waals surface area contributed by atoms with Gasteiger partial charge in [0.05, 0.1) is 4.90 Å². The number of ether oxygens (including phenoxy) is 1. The lowest BCUT2D eigenvalue weighted by Gasteiger charge is -2.19. The molecule has 0 fully saturated rings. The average Bonchev–Trinajstić information content (AvgIpc) is 2.55. The second kappa shape index (κ2) is 5.80. The number of hydrogen-bond acceptors (Lipinski definition) is 4. The van der Waals surface area contributed by atoms with Crippen LogP contribution < -0.4 is 4.74 Å². The second-order valence-corrected chi connectivity index (χ2v) is 7.00. The normalized spacial score (nSPS) is 14.5. The van der Waals surface area contributed by atoms with E-state index in [1.165, 1.54) is 6.08 Å². The number of hydrogen-bond donors (Lipinski definition) is 0. The number of fused-ring (bicyclic) bond motifs is 1. The maximum absolute atomic E-state index is 13.7. The number of nitrogens with zero attached hydrogens (tertiary/aromatic N) is 1. The first kappa shape index (κ1) is 17.3. The number of pyridine rings is 1. The van der Waals surface area contributed by atoms with Gasteiger partial charge in [-0.3, -0.25) is 0 Å². The molecule has 0 spiro atoms. The zero-order valence-corrected chi connectivity index (χ0v) is 13.0. The van der Waals surface area contributed by atoms with Crippen LogP contribution in [0.2, 0.25) is 0 Å². The van der Waals surface area contributed by atoms with Crippen LogP contribution >= 0.6 is 0 Å². The van der Waals surface area contributed by atoms with Crippen molar-refractivity contribution in [3.05, 3.63) is 59.4 Å². The smallest absolute Gasteiger partial charge is 0.455 e. The third kappa shape index (κ3) is 3.09. The van der Waals surface area contributed by atoms with Crippen LogP contribution in [0.25, 0.3) is 5.76 Å². The van der Waals surface area contributed by atoms with Gasteiger partial charge in [0.25, 0.3) is 9.84 Å². The van der Waals surface area contributed by atoms with Gasteiger partial charge in [0.15, 0.2) is 11.6 Å². The molecular formula is C15H8F5NO3S. The molecule has 0 aliphatic carbocycles. The van der Waals surface area contributed by atoms with E-state index in [0.717, 1.165) is 30.3 Å². The van der Waals surface area contributed by atoms with Crippen LogP contribution in [-0.4, -0.2) is 18.9 Å². The van der Waals surface area contributed by atoms with Crippen molar-refractivity contribution in [3.63, 3.8) is 0 Å². The largest absolute Gasteiger partial charge is 0.501 e. The standard InChI is InChI=1S/C15H8F5NO3S/c16-10-3-6-13(17)21-14(10)12-4-1-8-7-9(2-5-11(8)24-12)25(22,23)15(18,19)20/h2-7H,1H2. The molecule has 0 unspecified atom stereocenters. The molecule has 0 saturated heterocycles. The summed E-state index contributed by atoms with van der Waals surface area (Å²) in [5.74, 6) is -1.86. The molecule has 1 aliphatic heterocycles. The van der Waals surface area contributed by atoms with Crippen LogP contribution in [0.1, 0.15) is 11.3 Å². The summed E-state index contributed by atoms with van der Waals surface area (Å²) in [4.78, 5) is 2.46. The van der Waals surface area contributed by atoms with E-state index in [9.17, 15) is 30.4 Å². The Hall–Kier alpha value is -2.49. The Labute approximate surface area is 138 Å². The van der Waals surface area contributed by atoms with E-state index in [1.54, 1.807) is 0 Å². The summed E-state index contributed by atoms with van der Waals surface area (Å²) >= 11 is 0. The quantitative estimate of drug-likeness (QED) is 0.593. The Bertz CT molecular complexity index is 983. The van der Waals surface area contributed by atoms with Crippen molar-refractivity contribution >= 4 is 15.6 Å². The van der Waals surface area contributed by atoms with E-state index < -0.39 is 37.7 Å². The Morgan fingerprint density at radius 3 is 2.48 bits per heavy atom. The third-order valence-electron chi connectivity index (χ3n) is 3.42. The topological polar surface area (TPSA) is 56.3 Å². The molecule has 1 aromatic heterocycles. The molecule has 0 radical (unpaired) electrons. The lowest BCUT2D eigenvalue weighted by atomic mass is 10.1. The summed E-state index contributed by atoms with van der Waals surface area (Å²) in [5, 5.41) is 0. The minimum Gasteiger partial charge on any atom is -0.455 e. The van der Waals surface area contributed by atoms with Crippen molar-refractivity contribution < 1.29 is 35.1 Å². The van der Waals surface area contributed by atoms with Gasteiger partial charge in [0.2, 0.25) is 5.95 Å². The zero-order chi connectivity index (χ0) is 18.4. The summed E-state index contributed by atoms with van der Waals surface area (Å²) in [7, 11) is -5.49. The molecule has 0 saturated carbocycles. The second-order valence-electron chi connectivity index (χ2n) is 5.06. The van der Waals surface area contributed by atoms with E-state index in [1.807, 2.05) is 0 Å². The predicted molar refractivity (Wildman–Crippen MR) is 76.1 cm³/mol. The maximum Gasteiger partial charge on any atom is 0.501 e. The number of benzene rings is 1. The minimum absolute atomic E-state index is 0.0316. The number of halogens is 5. The molecule has 25 heavy (non-hydrogen) atoms. The number of allylic oxidation sites excluding steroid dienone is 1. The van der Waals surface area contributed by atoms with E-state index >= 15 is 0 Å². The molecule has 3 rings (SSSR count). The Morgan fingerprint density at radius 2 is 1.80 bits per heavy atom. The molecule has 2 aromatic rings. The maximum atomic E-state index is 13.7. The summed E-state index contributed by atoms with van der Waals surface area (Å²) in [6, 6.07) is 4.28. The molecule has 4 nitrogen and oxygen atoms in total. The Balaban J connectivity index is 1.97. The van der Waals surface area contributed by atoms with Gasteiger partial charge in [-0.2, -0.15) is 17.6 Å². The molecule has 0 atom stereocenters. The van der Waals surface area contributed by atoms with Crippen LogP contribution in [-0.2, 0) is 16.3 Å². The first-order chi connectivity index (χ1) is 11.6. The highest BCUT2D eigenvalue weighted by Crippen LogP contribution is 2.36. The molecule has 132 valence electrons. The summed E-state index contributed by atoms with van der Waals surface area (Å²) < 4.78 is 92.9. The SMILES string of the molecule is O=S(=O)(c1ccc2c(c1)CC=C(c1nc(F)ccc1F)O2)C(F)(F)F. The predicted octanol–water partition coefficient (Wildman–Crippen LogP) is 3.63. The Kier molecular flexibility index (Phi) is 4.02. The van der Waals surface area contributed by atoms with Crippen molar-refractivity contribution in [2.45, 2.75) is 16.8 Å². The fourth-order valence-electron chi connectivity index (χ4n) is 2.21. The number of rotatable bonds is 2. The minimum atomic E-state index is -5.49. The Morgan fingerprint density at radius 1 is 1.08 bits per heavy atom. The molecule has 0 bridgehead atoms.